The zero-order valence-electron chi connectivity index (χ0n) is 14.8. The maximum atomic E-state index is 12.4. The van der Waals surface area contributed by atoms with Gasteiger partial charge in [-0.3, -0.25) is 14.6 Å². The minimum atomic E-state index is -0.531. The van der Waals surface area contributed by atoms with Crippen LogP contribution in [0, 0.1) is 6.92 Å². The molecule has 3 rings (SSSR count). The molecule has 0 aliphatic heterocycles. The van der Waals surface area contributed by atoms with Crippen molar-refractivity contribution in [3.63, 3.8) is 0 Å². The molecule has 0 saturated carbocycles. The average Bonchev–Trinajstić information content (AvgIpc) is 2.60. The van der Waals surface area contributed by atoms with Crippen LogP contribution in [0.4, 0.5) is 0 Å². The van der Waals surface area contributed by atoms with E-state index in [4.69, 9.17) is 0 Å². The molecule has 26 heavy (non-hydrogen) atoms. The number of aryl methyl sites for hydroxylation is 1. The van der Waals surface area contributed by atoms with Crippen molar-refractivity contribution in [2.75, 3.05) is 7.05 Å². The quantitative estimate of drug-likeness (QED) is 0.738. The van der Waals surface area contributed by atoms with Crippen molar-refractivity contribution in [3.05, 3.63) is 80.1 Å². The summed E-state index contributed by atoms with van der Waals surface area (Å²) in [6.45, 7) is 2.17. The Balaban J connectivity index is 1.66. The van der Waals surface area contributed by atoms with Crippen LogP contribution in [0.5, 0.6) is 0 Å². The SMILES string of the molecule is Cc1[nH]c(=O)[nH]c(=O)c1CCC(=O)N(C)Cc1ccc2ccccc2c1. The zero-order chi connectivity index (χ0) is 18.7. The molecule has 1 aromatic heterocycles. The molecule has 1 heterocycles. The fourth-order valence-corrected chi connectivity index (χ4v) is 3.05. The second kappa shape index (κ2) is 7.39. The molecule has 3 aromatic rings. The van der Waals surface area contributed by atoms with Crippen LogP contribution in [-0.2, 0) is 17.8 Å². The third kappa shape index (κ3) is 3.91. The molecule has 2 N–H and O–H groups in total. The monoisotopic (exact) mass is 351 g/mol. The normalized spacial score (nSPS) is 10.8. The number of hydrogen-bond acceptors (Lipinski definition) is 3. The summed E-state index contributed by atoms with van der Waals surface area (Å²) in [5.41, 5.74) is 1.03. The maximum Gasteiger partial charge on any atom is 0.325 e. The molecule has 6 heteroatoms. The van der Waals surface area contributed by atoms with Gasteiger partial charge in [-0.15, -0.1) is 0 Å². The van der Waals surface area contributed by atoms with Crippen LogP contribution in [0.1, 0.15) is 23.2 Å². The van der Waals surface area contributed by atoms with Crippen molar-refractivity contribution in [2.24, 2.45) is 0 Å². The summed E-state index contributed by atoms with van der Waals surface area (Å²) in [6.07, 6.45) is 0.499. The molecule has 134 valence electrons. The summed E-state index contributed by atoms with van der Waals surface area (Å²) in [5.74, 6) is -0.0526. The van der Waals surface area contributed by atoms with Crippen molar-refractivity contribution in [3.8, 4) is 0 Å². The lowest BCUT2D eigenvalue weighted by atomic mass is 10.1. The van der Waals surface area contributed by atoms with E-state index in [1.54, 1.807) is 18.9 Å². The molecule has 0 spiro atoms. The van der Waals surface area contributed by atoms with Crippen LogP contribution in [0.25, 0.3) is 10.8 Å². The second-order valence-electron chi connectivity index (χ2n) is 6.44. The first kappa shape index (κ1) is 17.7. The van der Waals surface area contributed by atoms with Gasteiger partial charge in [0.25, 0.3) is 5.56 Å². The molecule has 2 aromatic carbocycles. The first-order valence-corrected chi connectivity index (χ1v) is 8.48. The van der Waals surface area contributed by atoms with Crippen LogP contribution in [0.3, 0.4) is 0 Å². The second-order valence-corrected chi connectivity index (χ2v) is 6.44. The number of fused-ring (bicyclic) bond motifs is 1. The highest BCUT2D eigenvalue weighted by molar-refractivity contribution is 5.83. The van der Waals surface area contributed by atoms with Crippen molar-refractivity contribution < 1.29 is 4.79 Å². The van der Waals surface area contributed by atoms with E-state index in [0.29, 0.717) is 24.2 Å². The van der Waals surface area contributed by atoms with Gasteiger partial charge in [-0.2, -0.15) is 0 Å². The van der Waals surface area contributed by atoms with Crippen LogP contribution in [0.2, 0.25) is 0 Å². The van der Waals surface area contributed by atoms with Crippen molar-refractivity contribution >= 4 is 16.7 Å². The summed E-state index contributed by atoms with van der Waals surface area (Å²) >= 11 is 0. The number of carbonyl (C=O) groups is 1. The zero-order valence-corrected chi connectivity index (χ0v) is 14.8. The van der Waals surface area contributed by atoms with Gasteiger partial charge in [0.2, 0.25) is 5.91 Å². The number of rotatable bonds is 5. The number of aromatic amines is 2. The summed E-state index contributed by atoms with van der Waals surface area (Å²) < 4.78 is 0. The van der Waals surface area contributed by atoms with Gasteiger partial charge in [0.05, 0.1) is 0 Å². The third-order valence-electron chi connectivity index (χ3n) is 4.50. The minimum Gasteiger partial charge on any atom is -0.341 e. The van der Waals surface area contributed by atoms with Crippen molar-refractivity contribution in [1.82, 2.24) is 14.9 Å². The van der Waals surface area contributed by atoms with E-state index in [9.17, 15) is 14.4 Å². The molecule has 0 bridgehead atoms. The number of benzene rings is 2. The molecule has 0 aliphatic rings. The van der Waals surface area contributed by atoms with Gasteiger partial charge in [-0.05, 0) is 35.7 Å². The topological polar surface area (TPSA) is 86.0 Å². The first-order chi connectivity index (χ1) is 12.4. The van der Waals surface area contributed by atoms with Gasteiger partial charge >= 0.3 is 5.69 Å². The van der Waals surface area contributed by atoms with Crippen LogP contribution in [0.15, 0.2) is 52.1 Å². The van der Waals surface area contributed by atoms with E-state index in [2.05, 4.69) is 22.1 Å². The number of hydrogen-bond donors (Lipinski definition) is 2. The van der Waals surface area contributed by atoms with Crippen LogP contribution < -0.4 is 11.2 Å². The molecule has 6 nitrogen and oxygen atoms in total. The Morgan fingerprint density at radius 1 is 1.04 bits per heavy atom. The summed E-state index contributed by atoms with van der Waals surface area (Å²) in [5, 5.41) is 2.30. The summed E-state index contributed by atoms with van der Waals surface area (Å²) in [4.78, 5) is 41.9. The Labute approximate surface area is 150 Å². The molecule has 0 aliphatic carbocycles. The lowest BCUT2D eigenvalue weighted by molar-refractivity contribution is -0.130. The molecule has 0 atom stereocenters. The Morgan fingerprint density at radius 3 is 2.50 bits per heavy atom. The Kier molecular flexibility index (Phi) is 5.02. The smallest absolute Gasteiger partial charge is 0.325 e. The Morgan fingerprint density at radius 2 is 1.77 bits per heavy atom. The van der Waals surface area contributed by atoms with Gasteiger partial charge < -0.3 is 9.88 Å². The van der Waals surface area contributed by atoms with Crippen molar-refractivity contribution in [1.29, 1.82) is 0 Å². The molecule has 0 radical (unpaired) electrons. The van der Waals surface area contributed by atoms with E-state index in [1.807, 2.05) is 30.3 Å². The standard InChI is InChI=1S/C20H21N3O3/c1-13-17(19(25)22-20(26)21-13)9-10-18(24)23(2)12-14-7-8-15-5-3-4-6-16(15)11-14/h3-8,11H,9-10,12H2,1-2H3,(H2,21,22,25,26). The maximum absolute atomic E-state index is 12.4. The van der Waals surface area contributed by atoms with Crippen LogP contribution >= 0.6 is 0 Å². The predicted molar refractivity (Wildman–Crippen MR) is 101 cm³/mol. The van der Waals surface area contributed by atoms with Gasteiger partial charge in [0, 0.05) is 31.3 Å². The van der Waals surface area contributed by atoms with E-state index in [-0.39, 0.29) is 12.3 Å². The fraction of sp³-hybridized carbons (Fsp3) is 0.250. The van der Waals surface area contributed by atoms with E-state index in [0.717, 1.165) is 16.3 Å². The largest absolute Gasteiger partial charge is 0.341 e. The van der Waals surface area contributed by atoms with Crippen molar-refractivity contribution in [2.45, 2.75) is 26.3 Å². The highest BCUT2D eigenvalue weighted by Gasteiger charge is 2.13. The number of nitrogens with one attached hydrogen (secondary N) is 2. The Hall–Kier alpha value is -3.15. The van der Waals surface area contributed by atoms with E-state index in [1.165, 1.54) is 0 Å². The lowest BCUT2D eigenvalue weighted by Gasteiger charge is -2.18. The molecule has 0 fully saturated rings. The first-order valence-electron chi connectivity index (χ1n) is 8.48. The predicted octanol–water partition coefficient (Wildman–Crippen LogP) is 2.12. The van der Waals surface area contributed by atoms with Crippen LogP contribution in [-0.4, -0.2) is 27.8 Å². The number of nitrogens with zero attached hydrogens (tertiary/aromatic N) is 1. The number of H-pyrrole nitrogens is 2. The summed E-state index contributed by atoms with van der Waals surface area (Å²) in [7, 11) is 1.75. The molecular weight excluding hydrogens is 330 g/mol. The molecule has 0 unspecified atom stereocenters. The summed E-state index contributed by atoms with van der Waals surface area (Å²) in [6, 6.07) is 14.2. The average molecular weight is 351 g/mol. The van der Waals surface area contributed by atoms with E-state index >= 15 is 0 Å². The highest BCUT2D eigenvalue weighted by atomic mass is 16.2. The van der Waals surface area contributed by atoms with E-state index < -0.39 is 11.2 Å². The number of carbonyl (C=O) groups excluding carboxylic acids is 1. The number of amides is 1. The Bertz CT molecular complexity index is 1070. The third-order valence-corrected chi connectivity index (χ3v) is 4.50. The van der Waals surface area contributed by atoms with Gasteiger partial charge in [-0.1, -0.05) is 36.4 Å². The molecule has 0 saturated heterocycles. The highest BCUT2D eigenvalue weighted by Crippen LogP contribution is 2.17. The lowest BCUT2D eigenvalue weighted by Crippen LogP contribution is -2.30. The molecular formula is C20H21N3O3. The fourth-order valence-electron chi connectivity index (χ4n) is 3.05. The number of aromatic nitrogens is 2. The van der Waals surface area contributed by atoms with Gasteiger partial charge in [0.1, 0.15) is 0 Å². The minimum absolute atomic E-state index is 0.0526. The molecule has 1 amide bonds. The van der Waals surface area contributed by atoms with Gasteiger partial charge in [0.15, 0.2) is 0 Å². The van der Waals surface area contributed by atoms with Gasteiger partial charge in [-0.25, -0.2) is 4.79 Å².